The Hall–Kier alpha value is 0.200. The standard InChI is InChI=1S/C15H29ClO3S/c1-11-6-7-14(8-12(11)2)19-9-13(15(3,4)5)10-20(16,17)18/h11-14H,6-10H2,1-5H3. The molecule has 0 radical (unpaired) electrons. The summed E-state index contributed by atoms with van der Waals surface area (Å²) < 4.78 is 28.7. The first-order valence-corrected chi connectivity index (χ1v) is 10.0. The Kier molecular flexibility index (Phi) is 6.36. The normalized spacial score (nSPS) is 30.2. The average Bonchev–Trinajstić information content (AvgIpc) is 2.26. The van der Waals surface area contributed by atoms with Crippen LogP contribution in [0.2, 0.25) is 0 Å². The first kappa shape index (κ1) is 18.2. The van der Waals surface area contributed by atoms with Crippen molar-refractivity contribution >= 4 is 19.7 Å². The molecule has 0 aromatic rings. The number of rotatable bonds is 5. The van der Waals surface area contributed by atoms with Gasteiger partial charge in [-0.1, -0.05) is 34.6 Å². The third-order valence-electron chi connectivity index (χ3n) is 4.71. The van der Waals surface area contributed by atoms with Crippen LogP contribution in [0.4, 0.5) is 0 Å². The third kappa shape index (κ3) is 6.31. The van der Waals surface area contributed by atoms with Crippen LogP contribution in [0.1, 0.15) is 53.9 Å². The zero-order valence-corrected chi connectivity index (χ0v) is 14.9. The second-order valence-corrected chi connectivity index (χ2v) is 10.3. The molecule has 120 valence electrons. The summed E-state index contributed by atoms with van der Waals surface area (Å²) in [6.45, 7) is 11.1. The zero-order valence-electron chi connectivity index (χ0n) is 13.4. The van der Waals surface area contributed by atoms with E-state index in [9.17, 15) is 8.42 Å². The molecule has 0 bridgehead atoms. The predicted octanol–water partition coefficient (Wildman–Crippen LogP) is 4.06. The summed E-state index contributed by atoms with van der Waals surface area (Å²) in [5, 5.41) is 0. The molecule has 0 saturated heterocycles. The van der Waals surface area contributed by atoms with E-state index in [1.165, 1.54) is 6.42 Å². The summed E-state index contributed by atoms with van der Waals surface area (Å²) in [6, 6.07) is 0. The Bertz CT molecular complexity index is 400. The van der Waals surface area contributed by atoms with Crippen LogP contribution in [-0.2, 0) is 13.8 Å². The molecule has 1 aliphatic rings. The van der Waals surface area contributed by atoms with Crippen molar-refractivity contribution in [1.29, 1.82) is 0 Å². The summed E-state index contributed by atoms with van der Waals surface area (Å²) in [5.41, 5.74) is -0.129. The van der Waals surface area contributed by atoms with Crippen LogP contribution < -0.4 is 0 Å². The van der Waals surface area contributed by atoms with Gasteiger partial charge in [0, 0.05) is 16.6 Å². The second-order valence-electron chi connectivity index (χ2n) is 7.49. The summed E-state index contributed by atoms with van der Waals surface area (Å²) in [7, 11) is 1.93. The molecule has 0 spiro atoms. The van der Waals surface area contributed by atoms with Crippen molar-refractivity contribution in [2.45, 2.75) is 60.0 Å². The van der Waals surface area contributed by atoms with Gasteiger partial charge in [0.2, 0.25) is 9.05 Å². The van der Waals surface area contributed by atoms with Crippen LogP contribution in [0.5, 0.6) is 0 Å². The topological polar surface area (TPSA) is 43.4 Å². The Morgan fingerprint density at radius 1 is 1.20 bits per heavy atom. The Labute approximate surface area is 128 Å². The van der Waals surface area contributed by atoms with E-state index in [1.54, 1.807) is 0 Å². The van der Waals surface area contributed by atoms with Gasteiger partial charge in [0.15, 0.2) is 0 Å². The fourth-order valence-corrected chi connectivity index (χ4v) is 4.22. The monoisotopic (exact) mass is 324 g/mol. The predicted molar refractivity (Wildman–Crippen MR) is 84.5 cm³/mol. The summed E-state index contributed by atoms with van der Waals surface area (Å²) in [5.74, 6) is 1.35. The molecule has 0 aliphatic heterocycles. The van der Waals surface area contributed by atoms with Gasteiger partial charge in [0.25, 0.3) is 0 Å². The van der Waals surface area contributed by atoms with Crippen molar-refractivity contribution < 1.29 is 13.2 Å². The molecule has 20 heavy (non-hydrogen) atoms. The van der Waals surface area contributed by atoms with E-state index in [0.29, 0.717) is 12.5 Å². The fraction of sp³-hybridized carbons (Fsp3) is 1.00. The first-order valence-electron chi connectivity index (χ1n) is 7.53. The van der Waals surface area contributed by atoms with Crippen LogP contribution in [-0.4, -0.2) is 26.9 Å². The maximum absolute atomic E-state index is 11.3. The minimum atomic E-state index is -3.49. The number of hydrogen-bond acceptors (Lipinski definition) is 3. The lowest BCUT2D eigenvalue weighted by molar-refractivity contribution is -0.0270. The maximum atomic E-state index is 11.3. The van der Waals surface area contributed by atoms with E-state index in [2.05, 4.69) is 13.8 Å². The molecule has 0 heterocycles. The molecule has 1 aliphatic carbocycles. The second kappa shape index (κ2) is 6.97. The van der Waals surface area contributed by atoms with Crippen molar-refractivity contribution in [2.75, 3.05) is 12.4 Å². The molecule has 3 nitrogen and oxygen atoms in total. The van der Waals surface area contributed by atoms with Gasteiger partial charge in [-0.05, 0) is 36.5 Å². The highest BCUT2D eigenvalue weighted by atomic mass is 35.7. The highest BCUT2D eigenvalue weighted by Crippen LogP contribution is 2.33. The summed E-state index contributed by atoms with van der Waals surface area (Å²) in [4.78, 5) is 0. The highest BCUT2D eigenvalue weighted by Gasteiger charge is 2.31. The lowest BCUT2D eigenvalue weighted by atomic mass is 9.80. The SMILES string of the molecule is CC1CCC(OCC(CS(=O)(=O)Cl)C(C)(C)C)CC1C. The molecule has 1 fully saturated rings. The van der Waals surface area contributed by atoms with E-state index < -0.39 is 9.05 Å². The molecule has 0 aromatic carbocycles. The molecule has 0 N–H and O–H groups in total. The number of ether oxygens (including phenoxy) is 1. The van der Waals surface area contributed by atoms with Gasteiger partial charge < -0.3 is 4.74 Å². The smallest absolute Gasteiger partial charge is 0.232 e. The number of halogens is 1. The molecular weight excluding hydrogens is 296 g/mol. The molecule has 1 saturated carbocycles. The minimum absolute atomic E-state index is 0.0171. The van der Waals surface area contributed by atoms with E-state index in [4.69, 9.17) is 15.4 Å². The van der Waals surface area contributed by atoms with Gasteiger partial charge in [-0.25, -0.2) is 8.42 Å². The van der Waals surface area contributed by atoms with Crippen LogP contribution >= 0.6 is 10.7 Å². The van der Waals surface area contributed by atoms with Gasteiger partial charge in [-0.15, -0.1) is 0 Å². The quantitative estimate of drug-likeness (QED) is 0.716. The molecular formula is C15H29ClO3S. The Morgan fingerprint density at radius 2 is 1.80 bits per heavy atom. The van der Waals surface area contributed by atoms with Gasteiger partial charge in [0.1, 0.15) is 0 Å². The van der Waals surface area contributed by atoms with Crippen LogP contribution in [0.3, 0.4) is 0 Å². The van der Waals surface area contributed by atoms with Gasteiger partial charge >= 0.3 is 0 Å². The molecule has 5 heteroatoms. The third-order valence-corrected chi connectivity index (χ3v) is 5.89. The molecule has 4 unspecified atom stereocenters. The minimum Gasteiger partial charge on any atom is -0.378 e. The Morgan fingerprint density at radius 3 is 2.25 bits per heavy atom. The van der Waals surface area contributed by atoms with E-state index >= 15 is 0 Å². The largest absolute Gasteiger partial charge is 0.378 e. The maximum Gasteiger partial charge on any atom is 0.232 e. The van der Waals surface area contributed by atoms with E-state index in [-0.39, 0.29) is 23.2 Å². The fourth-order valence-electron chi connectivity index (χ4n) is 2.69. The van der Waals surface area contributed by atoms with Crippen LogP contribution in [0.15, 0.2) is 0 Å². The van der Waals surface area contributed by atoms with Crippen molar-refractivity contribution in [3.05, 3.63) is 0 Å². The van der Waals surface area contributed by atoms with Gasteiger partial charge in [0.05, 0.1) is 18.5 Å². The van der Waals surface area contributed by atoms with Crippen molar-refractivity contribution in [3.8, 4) is 0 Å². The highest BCUT2D eigenvalue weighted by molar-refractivity contribution is 8.13. The van der Waals surface area contributed by atoms with Crippen molar-refractivity contribution in [2.24, 2.45) is 23.2 Å². The number of hydrogen-bond donors (Lipinski definition) is 0. The summed E-state index contributed by atoms with van der Waals surface area (Å²) in [6.07, 6.45) is 3.62. The lowest BCUT2D eigenvalue weighted by Crippen LogP contribution is -2.34. The molecule has 4 atom stereocenters. The van der Waals surface area contributed by atoms with Crippen molar-refractivity contribution in [3.63, 3.8) is 0 Å². The zero-order chi connectivity index (χ0) is 15.6. The van der Waals surface area contributed by atoms with Crippen LogP contribution in [0, 0.1) is 23.2 Å². The van der Waals surface area contributed by atoms with Crippen LogP contribution in [0.25, 0.3) is 0 Å². The average molecular weight is 325 g/mol. The Balaban J connectivity index is 2.55. The van der Waals surface area contributed by atoms with Gasteiger partial charge in [-0.3, -0.25) is 0 Å². The van der Waals surface area contributed by atoms with Gasteiger partial charge in [-0.2, -0.15) is 0 Å². The first-order chi connectivity index (χ1) is 8.99. The molecule has 0 amide bonds. The van der Waals surface area contributed by atoms with E-state index in [1.807, 2.05) is 20.8 Å². The van der Waals surface area contributed by atoms with Crippen molar-refractivity contribution in [1.82, 2.24) is 0 Å². The molecule has 0 aromatic heterocycles. The summed E-state index contributed by atoms with van der Waals surface area (Å²) >= 11 is 0. The van der Waals surface area contributed by atoms with E-state index in [0.717, 1.165) is 18.8 Å². The lowest BCUT2D eigenvalue weighted by Gasteiger charge is -2.35. The molecule has 1 rings (SSSR count).